The molecule has 0 amide bonds. The lowest BCUT2D eigenvalue weighted by Crippen LogP contribution is -2.17. The average Bonchev–Trinajstić information content (AvgIpc) is 2.62. The van der Waals surface area contributed by atoms with Gasteiger partial charge in [-0.25, -0.2) is 0 Å². The van der Waals surface area contributed by atoms with Crippen molar-refractivity contribution in [2.45, 2.75) is 58.5 Å². The summed E-state index contributed by atoms with van der Waals surface area (Å²) in [5.41, 5.74) is 0. The Morgan fingerprint density at radius 1 is 1.41 bits per heavy atom. The Hall–Kier alpha value is -1.06. The van der Waals surface area contributed by atoms with Crippen molar-refractivity contribution in [1.82, 2.24) is 0 Å². The fourth-order valence-electron chi connectivity index (χ4n) is 2.21. The van der Waals surface area contributed by atoms with E-state index in [-0.39, 0.29) is 18.0 Å². The molecule has 1 aliphatic rings. The van der Waals surface area contributed by atoms with Crippen LogP contribution in [0.1, 0.15) is 52.4 Å². The predicted molar refractivity (Wildman–Crippen MR) is 63.4 cm³/mol. The fraction of sp³-hybridized carbons (Fsp3) is 0.846. The number of carbonyl (C=O) groups excluding carboxylic acids is 2. The molecule has 98 valence electrons. The summed E-state index contributed by atoms with van der Waals surface area (Å²) in [5, 5.41) is 0. The molecule has 0 N–H and O–H groups in total. The van der Waals surface area contributed by atoms with Crippen molar-refractivity contribution >= 4 is 11.9 Å². The second kappa shape index (κ2) is 7.30. The minimum Gasteiger partial charge on any atom is -0.466 e. The monoisotopic (exact) mass is 242 g/mol. The Labute approximate surface area is 103 Å². The van der Waals surface area contributed by atoms with Crippen LogP contribution in [0, 0.1) is 5.92 Å². The topological polar surface area (TPSA) is 52.6 Å². The molecule has 1 unspecified atom stereocenters. The molecule has 1 fully saturated rings. The highest BCUT2D eigenvalue weighted by molar-refractivity contribution is 5.72. The summed E-state index contributed by atoms with van der Waals surface area (Å²) in [6.07, 6.45) is 5.49. The van der Waals surface area contributed by atoms with Gasteiger partial charge in [-0.15, -0.1) is 0 Å². The molecule has 0 radical (unpaired) electrons. The van der Waals surface area contributed by atoms with Gasteiger partial charge in [0.2, 0.25) is 0 Å². The van der Waals surface area contributed by atoms with Crippen molar-refractivity contribution in [3.05, 3.63) is 0 Å². The van der Waals surface area contributed by atoms with Gasteiger partial charge in [0, 0.05) is 12.8 Å². The molecule has 1 saturated heterocycles. The highest BCUT2D eigenvalue weighted by Gasteiger charge is 2.33. The van der Waals surface area contributed by atoms with Gasteiger partial charge in [-0.2, -0.15) is 0 Å². The highest BCUT2D eigenvalue weighted by atomic mass is 16.6. The number of esters is 2. The molecule has 4 nitrogen and oxygen atoms in total. The largest absolute Gasteiger partial charge is 0.466 e. The lowest BCUT2D eigenvalue weighted by atomic mass is 9.92. The summed E-state index contributed by atoms with van der Waals surface area (Å²) in [7, 11) is 0. The maximum absolute atomic E-state index is 11.3. The van der Waals surface area contributed by atoms with Gasteiger partial charge in [-0.1, -0.05) is 19.8 Å². The first-order valence-electron chi connectivity index (χ1n) is 6.46. The van der Waals surface area contributed by atoms with Crippen LogP contribution in [0.4, 0.5) is 0 Å². The Morgan fingerprint density at radius 3 is 2.82 bits per heavy atom. The number of rotatable bonds is 7. The Bertz CT molecular complexity index is 262. The number of carbonyl (C=O) groups is 2. The van der Waals surface area contributed by atoms with Gasteiger partial charge in [-0.05, 0) is 19.3 Å². The highest BCUT2D eigenvalue weighted by Crippen LogP contribution is 2.29. The van der Waals surface area contributed by atoms with Crippen LogP contribution in [0.2, 0.25) is 0 Å². The normalized spacial score (nSPS) is 23.5. The molecule has 0 bridgehead atoms. The molecule has 0 spiro atoms. The molecule has 1 heterocycles. The van der Waals surface area contributed by atoms with Gasteiger partial charge in [0.05, 0.1) is 13.0 Å². The van der Waals surface area contributed by atoms with Crippen LogP contribution in [-0.4, -0.2) is 24.6 Å². The number of ether oxygens (including phenoxy) is 2. The van der Waals surface area contributed by atoms with Crippen LogP contribution >= 0.6 is 0 Å². The van der Waals surface area contributed by atoms with Crippen LogP contribution in [0.5, 0.6) is 0 Å². The Balaban J connectivity index is 2.24. The third-order valence-corrected chi connectivity index (χ3v) is 3.10. The van der Waals surface area contributed by atoms with E-state index >= 15 is 0 Å². The quantitative estimate of drug-likeness (QED) is 0.508. The molecule has 0 saturated carbocycles. The van der Waals surface area contributed by atoms with E-state index in [2.05, 4.69) is 6.92 Å². The van der Waals surface area contributed by atoms with Crippen molar-refractivity contribution in [2.24, 2.45) is 5.92 Å². The molecule has 0 aliphatic carbocycles. The summed E-state index contributed by atoms with van der Waals surface area (Å²) in [6, 6.07) is 0. The van der Waals surface area contributed by atoms with Crippen LogP contribution in [-0.2, 0) is 19.1 Å². The summed E-state index contributed by atoms with van der Waals surface area (Å²) >= 11 is 0. The van der Waals surface area contributed by atoms with Gasteiger partial charge in [0.1, 0.15) is 6.10 Å². The van der Waals surface area contributed by atoms with Crippen LogP contribution in [0.3, 0.4) is 0 Å². The molecule has 17 heavy (non-hydrogen) atoms. The molecular weight excluding hydrogens is 220 g/mol. The Kier molecular flexibility index (Phi) is 6.01. The van der Waals surface area contributed by atoms with Crippen molar-refractivity contribution in [1.29, 1.82) is 0 Å². The van der Waals surface area contributed by atoms with Gasteiger partial charge in [-0.3, -0.25) is 9.59 Å². The van der Waals surface area contributed by atoms with E-state index in [0.717, 1.165) is 32.1 Å². The zero-order chi connectivity index (χ0) is 12.7. The van der Waals surface area contributed by atoms with E-state index in [4.69, 9.17) is 9.47 Å². The maximum Gasteiger partial charge on any atom is 0.306 e. The minimum atomic E-state index is -0.254. The SMILES string of the molecule is CCCCC1CC(=O)O[C@@H]1CCCOC(C)=O. The molecule has 1 aliphatic heterocycles. The fourth-order valence-corrected chi connectivity index (χ4v) is 2.21. The van der Waals surface area contributed by atoms with Gasteiger partial charge in [0.25, 0.3) is 0 Å². The third kappa shape index (κ3) is 5.20. The average molecular weight is 242 g/mol. The van der Waals surface area contributed by atoms with Gasteiger partial charge < -0.3 is 9.47 Å². The molecule has 0 aromatic rings. The van der Waals surface area contributed by atoms with Crippen molar-refractivity contribution < 1.29 is 19.1 Å². The van der Waals surface area contributed by atoms with E-state index in [0.29, 0.717) is 18.9 Å². The second-order valence-corrected chi connectivity index (χ2v) is 4.62. The van der Waals surface area contributed by atoms with E-state index < -0.39 is 0 Å². The first-order valence-corrected chi connectivity index (χ1v) is 6.46. The standard InChI is InChI=1S/C13H22O4/c1-3-4-6-11-9-13(15)17-12(11)7-5-8-16-10(2)14/h11-12H,3-9H2,1-2H3/t11?,12-/m1/s1. The van der Waals surface area contributed by atoms with E-state index in [9.17, 15) is 9.59 Å². The van der Waals surface area contributed by atoms with Gasteiger partial charge in [0.15, 0.2) is 0 Å². The van der Waals surface area contributed by atoms with E-state index in [1.54, 1.807) is 0 Å². The minimum absolute atomic E-state index is 0.0320. The molecular formula is C13H22O4. The molecule has 0 aromatic carbocycles. The summed E-state index contributed by atoms with van der Waals surface area (Å²) in [4.78, 5) is 21.9. The zero-order valence-corrected chi connectivity index (χ0v) is 10.7. The first kappa shape index (κ1) is 14.0. The first-order chi connectivity index (χ1) is 8.13. The van der Waals surface area contributed by atoms with Crippen LogP contribution < -0.4 is 0 Å². The molecule has 0 aromatic heterocycles. The molecule has 4 heteroatoms. The van der Waals surface area contributed by atoms with E-state index in [1.165, 1.54) is 6.92 Å². The number of unbranched alkanes of at least 4 members (excludes halogenated alkanes) is 1. The van der Waals surface area contributed by atoms with Crippen molar-refractivity contribution in [3.63, 3.8) is 0 Å². The lowest BCUT2D eigenvalue weighted by molar-refractivity contribution is -0.144. The lowest BCUT2D eigenvalue weighted by Gasteiger charge is -2.16. The van der Waals surface area contributed by atoms with Crippen LogP contribution in [0.25, 0.3) is 0 Å². The van der Waals surface area contributed by atoms with Crippen molar-refractivity contribution in [3.8, 4) is 0 Å². The smallest absolute Gasteiger partial charge is 0.306 e. The second-order valence-electron chi connectivity index (χ2n) is 4.62. The maximum atomic E-state index is 11.3. The summed E-state index contributed by atoms with van der Waals surface area (Å²) < 4.78 is 10.2. The van der Waals surface area contributed by atoms with Crippen molar-refractivity contribution in [2.75, 3.05) is 6.61 Å². The summed E-state index contributed by atoms with van der Waals surface area (Å²) in [5.74, 6) is 0.0271. The zero-order valence-electron chi connectivity index (χ0n) is 10.7. The molecule has 1 rings (SSSR count). The third-order valence-electron chi connectivity index (χ3n) is 3.10. The number of cyclic esters (lactones) is 1. The summed E-state index contributed by atoms with van der Waals surface area (Å²) in [6.45, 7) is 3.97. The predicted octanol–water partition coefficient (Wildman–Crippen LogP) is 2.45. The van der Waals surface area contributed by atoms with E-state index in [1.807, 2.05) is 0 Å². The number of hydrogen-bond donors (Lipinski definition) is 0. The van der Waals surface area contributed by atoms with Gasteiger partial charge >= 0.3 is 11.9 Å². The molecule has 2 atom stereocenters. The Morgan fingerprint density at radius 2 is 2.18 bits per heavy atom. The van der Waals surface area contributed by atoms with Crippen LogP contribution in [0.15, 0.2) is 0 Å². The number of hydrogen-bond acceptors (Lipinski definition) is 4.